The number of carbonyl (C=O) groups is 2. The minimum absolute atomic E-state index is 0.140. The molecular weight excluding hydrogens is 302 g/mol. The third-order valence-corrected chi connectivity index (χ3v) is 4.21. The molecule has 0 aromatic heterocycles. The highest BCUT2D eigenvalue weighted by molar-refractivity contribution is 5.94. The summed E-state index contributed by atoms with van der Waals surface area (Å²) in [5.41, 5.74) is 2.69. The second-order valence-corrected chi connectivity index (χ2v) is 5.92. The second kappa shape index (κ2) is 8.29. The van der Waals surface area contributed by atoms with Crippen LogP contribution in [0.25, 0.3) is 0 Å². The molecule has 0 spiro atoms. The summed E-state index contributed by atoms with van der Waals surface area (Å²) < 4.78 is 0. The van der Waals surface area contributed by atoms with Gasteiger partial charge in [-0.05, 0) is 36.6 Å². The van der Waals surface area contributed by atoms with E-state index in [2.05, 4.69) is 0 Å². The second-order valence-electron chi connectivity index (χ2n) is 5.92. The van der Waals surface area contributed by atoms with E-state index in [4.69, 9.17) is 0 Å². The van der Waals surface area contributed by atoms with Crippen molar-refractivity contribution in [2.45, 2.75) is 26.8 Å². The van der Waals surface area contributed by atoms with Gasteiger partial charge in [-0.1, -0.05) is 49.4 Å². The minimum atomic E-state index is -0.867. The van der Waals surface area contributed by atoms with Crippen molar-refractivity contribution in [3.8, 4) is 0 Å². The van der Waals surface area contributed by atoms with Crippen LogP contribution in [0.3, 0.4) is 0 Å². The van der Waals surface area contributed by atoms with Gasteiger partial charge in [0.1, 0.15) is 0 Å². The number of amides is 1. The molecule has 1 atom stereocenters. The Bertz CT molecular complexity index is 697. The molecule has 126 valence electrons. The lowest BCUT2D eigenvalue weighted by Crippen LogP contribution is -2.37. The Morgan fingerprint density at radius 3 is 2.25 bits per heavy atom. The lowest BCUT2D eigenvalue weighted by Gasteiger charge is -2.26. The van der Waals surface area contributed by atoms with Crippen LogP contribution in [-0.4, -0.2) is 28.4 Å². The largest absolute Gasteiger partial charge is 0.481 e. The fourth-order valence-electron chi connectivity index (χ4n) is 2.62. The molecule has 0 fully saturated rings. The predicted molar refractivity (Wildman–Crippen MR) is 93.8 cm³/mol. The molecule has 2 rings (SSSR count). The van der Waals surface area contributed by atoms with Crippen LogP contribution in [0.4, 0.5) is 0 Å². The van der Waals surface area contributed by atoms with Crippen molar-refractivity contribution in [1.29, 1.82) is 0 Å². The van der Waals surface area contributed by atoms with Gasteiger partial charge < -0.3 is 10.0 Å². The van der Waals surface area contributed by atoms with Gasteiger partial charge in [0.25, 0.3) is 5.91 Å². The topological polar surface area (TPSA) is 57.6 Å². The first-order valence-electron chi connectivity index (χ1n) is 8.14. The van der Waals surface area contributed by atoms with Crippen molar-refractivity contribution >= 4 is 11.9 Å². The molecule has 4 nitrogen and oxygen atoms in total. The molecule has 0 bridgehead atoms. The zero-order valence-corrected chi connectivity index (χ0v) is 14.1. The van der Waals surface area contributed by atoms with Crippen LogP contribution in [0.1, 0.15) is 34.8 Å². The molecule has 1 N–H and O–H groups in total. The minimum Gasteiger partial charge on any atom is -0.481 e. The maximum atomic E-state index is 12.9. The summed E-state index contributed by atoms with van der Waals surface area (Å²) in [6.07, 6.45) is 0.488. The summed E-state index contributed by atoms with van der Waals surface area (Å²) in [4.78, 5) is 25.9. The van der Waals surface area contributed by atoms with Gasteiger partial charge in [-0.25, -0.2) is 0 Å². The van der Waals surface area contributed by atoms with E-state index < -0.39 is 11.9 Å². The number of hydrogen-bond donors (Lipinski definition) is 1. The number of carbonyl (C=O) groups excluding carboxylic acids is 1. The average Bonchev–Trinajstić information content (AvgIpc) is 2.60. The van der Waals surface area contributed by atoms with E-state index in [0.29, 0.717) is 18.5 Å². The molecule has 0 saturated carbocycles. The number of carboxylic acids is 1. The highest BCUT2D eigenvalue weighted by Gasteiger charge is 2.24. The molecule has 2 aromatic rings. The van der Waals surface area contributed by atoms with E-state index in [1.54, 1.807) is 17.0 Å². The maximum absolute atomic E-state index is 12.9. The van der Waals surface area contributed by atoms with Crippen molar-refractivity contribution < 1.29 is 14.7 Å². The third kappa shape index (κ3) is 4.44. The number of nitrogens with zero attached hydrogens (tertiary/aromatic N) is 1. The number of aliphatic carboxylic acids is 1. The summed E-state index contributed by atoms with van der Waals surface area (Å²) in [7, 11) is 0. The lowest BCUT2D eigenvalue weighted by molar-refractivity contribution is -0.142. The Labute approximate surface area is 142 Å². The van der Waals surface area contributed by atoms with Crippen LogP contribution < -0.4 is 0 Å². The quantitative estimate of drug-likeness (QED) is 0.843. The molecule has 0 aliphatic carbocycles. The first-order chi connectivity index (χ1) is 11.5. The van der Waals surface area contributed by atoms with Crippen LogP contribution in [-0.2, 0) is 11.3 Å². The van der Waals surface area contributed by atoms with E-state index >= 15 is 0 Å². The van der Waals surface area contributed by atoms with Gasteiger partial charge in [-0.3, -0.25) is 9.59 Å². The van der Waals surface area contributed by atoms with Crippen LogP contribution in [0.2, 0.25) is 0 Å². The first-order valence-corrected chi connectivity index (χ1v) is 8.14. The van der Waals surface area contributed by atoms with Gasteiger partial charge in [-0.2, -0.15) is 0 Å². The summed E-state index contributed by atoms with van der Waals surface area (Å²) in [6.45, 7) is 4.44. The van der Waals surface area contributed by atoms with Crippen molar-refractivity contribution in [1.82, 2.24) is 4.90 Å². The summed E-state index contributed by atoms with van der Waals surface area (Å²) in [5.74, 6) is -1.58. The summed E-state index contributed by atoms with van der Waals surface area (Å²) in [5, 5.41) is 9.36. The van der Waals surface area contributed by atoms with Crippen molar-refractivity contribution in [2.24, 2.45) is 5.92 Å². The van der Waals surface area contributed by atoms with E-state index in [1.165, 1.54) is 0 Å². The Balaban J connectivity index is 2.28. The zero-order valence-electron chi connectivity index (χ0n) is 14.1. The van der Waals surface area contributed by atoms with Crippen LogP contribution in [0.15, 0.2) is 54.6 Å². The Hall–Kier alpha value is -2.62. The van der Waals surface area contributed by atoms with E-state index in [0.717, 1.165) is 11.1 Å². The monoisotopic (exact) mass is 325 g/mol. The SMILES string of the molecule is CCC(CN(Cc1ccccc1C)C(=O)c1ccccc1)C(=O)O. The first kappa shape index (κ1) is 17.7. The maximum Gasteiger partial charge on any atom is 0.308 e. The molecular formula is C20H23NO3. The van der Waals surface area contributed by atoms with Crippen molar-refractivity contribution in [2.75, 3.05) is 6.54 Å². The number of benzene rings is 2. The molecule has 0 aliphatic heterocycles. The van der Waals surface area contributed by atoms with Gasteiger partial charge in [0.2, 0.25) is 0 Å². The molecule has 24 heavy (non-hydrogen) atoms. The van der Waals surface area contributed by atoms with Gasteiger partial charge in [0.05, 0.1) is 5.92 Å². The lowest BCUT2D eigenvalue weighted by atomic mass is 10.0. The molecule has 0 radical (unpaired) electrons. The van der Waals surface area contributed by atoms with Gasteiger partial charge in [-0.15, -0.1) is 0 Å². The average molecular weight is 325 g/mol. The number of rotatable bonds is 7. The highest BCUT2D eigenvalue weighted by atomic mass is 16.4. The molecule has 2 aromatic carbocycles. The molecule has 1 unspecified atom stereocenters. The van der Waals surface area contributed by atoms with Crippen LogP contribution in [0, 0.1) is 12.8 Å². The molecule has 0 aliphatic rings. The number of aryl methyl sites for hydroxylation is 1. The van der Waals surface area contributed by atoms with Crippen molar-refractivity contribution in [3.63, 3.8) is 0 Å². The van der Waals surface area contributed by atoms with Gasteiger partial charge in [0.15, 0.2) is 0 Å². The third-order valence-electron chi connectivity index (χ3n) is 4.21. The van der Waals surface area contributed by atoms with Crippen molar-refractivity contribution in [3.05, 3.63) is 71.3 Å². The van der Waals surface area contributed by atoms with Gasteiger partial charge in [0, 0.05) is 18.7 Å². The fourth-order valence-corrected chi connectivity index (χ4v) is 2.62. The Morgan fingerprint density at radius 1 is 1.04 bits per heavy atom. The Morgan fingerprint density at radius 2 is 1.67 bits per heavy atom. The van der Waals surface area contributed by atoms with Crippen LogP contribution >= 0.6 is 0 Å². The molecule has 4 heteroatoms. The predicted octanol–water partition coefficient (Wildman–Crippen LogP) is 3.75. The molecule has 0 heterocycles. The van der Waals surface area contributed by atoms with E-state index in [9.17, 15) is 14.7 Å². The van der Waals surface area contributed by atoms with Crippen LogP contribution in [0.5, 0.6) is 0 Å². The van der Waals surface area contributed by atoms with E-state index in [1.807, 2.05) is 56.3 Å². The number of carboxylic acid groups (broad SMARTS) is 1. The van der Waals surface area contributed by atoms with Gasteiger partial charge >= 0.3 is 5.97 Å². The Kier molecular flexibility index (Phi) is 6.13. The van der Waals surface area contributed by atoms with E-state index in [-0.39, 0.29) is 12.5 Å². The smallest absolute Gasteiger partial charge is 0.308 e. The molecule has 1 amide bonds. The highest BCUT2D eigenvalue weighted by Crippen LogP contribution is 2.16. The number of hydrogen-bond acceptors (Lipinski definition) is 2. The summed E-state index contributed by atoms with van der Waals surface area (Å²) in [6, 6.07) is 16.9. The summed E-state index contributed by atoms with van der Waals surface area (Å²) >= 11 is 0. The standard InChI is InChI=1S/C20H23NO3/c1-3-16(20(23)24)13-21(14-18-12-8-7-9-15(18)2)19(22)17-10-5-4-6-11-17/h4-12,16H,3,13-14H2,1-2H3,(H,23,24). The molecule has 0 saturated heterocycles. The normalized spacial score (nSPS) is 11.8. The fraction of sp³-hybridized carbons (Fsp3) is 0.300. The zero-order chi connectivity index (χ0) is 17.5.